The first-order valence-corrected chi connectivity index (χ1v) is 12.2. The Morgan fingerprint density at radius 1 is 1.16 bits per heavy atom. The molecule has 0 radical (unpaired) electrons. The van der Waals surface area contributed by atoms with Crippen molar-refractivity contribution < 1.29 is 9.53 Å². The van der Waals surface area contributed by atoms with Gasteiger partial charge in [-0.15, -0.1) is 11.8 Å². The van der Waals surface area contributed by atoms with Crippen LogP contribution in [0.3, 0.4) is 0 Å². The summed E-state index contributed by atoms with van der Waals surface area (Å²) in [5.74, 6) is 1.87. The number of nitriles is 1. The van der Waals surface area contributed by atoms with Gasteiger partial charge < -0.3 is 9.64 Å². The highest BCUT2D eigenvalue weighted by atomic mass is 32.2. The molecule has 0 heterocycles. The van der Waals surface area contributed by atoms with Gasteiger partial charge in [-0.25, -0.2) is 0 Å². The Bertz CT molecular complexity index is 1150. The van der Waals surface area contributed by atoms with Crippen molar-refractivity contribution in [2.24, 2.45) is 0 Å². The Labute approximate surface area is 195 Å². The topological polar surface area (TPSA) is 53.3 Å². The van der Waals surface area contributed by atoms with Gasteiger partial charge in [0.1, 0.15) is 5.75 Å². The summed E-state index contributed by atoms with van der Waals surface area (Å²) >= 11 is 1.75. The second-order valence-electron chi connectivity index (χ2n) is 8.89. The van der Waals surface area contributed by atoms with Crippen molar-refractivity contribution in [2.75, 3.05) is 32.5 Å². The molecule has 2 aliphatic rings. The summed E-state index contributed by atoms with van der Waals surface area (Å²) in [6.07, 6.45) is 0.709. The lowest BCUT2D eigenvalue weighted by atomic mass is 9.68. The maximum Gasteiger partial charge on any atom is 0.193 e. The highest BCUT2D eigenvalue weighted by molar-refractivity contribution is 7.99. The average molecular weight is 447 g/mol. The molecule has 2 aromatic carbocycles. The molecule has 0 saturated carbocycles. The molecule has 166 valence electrons. The van der Waals surface area contributed by atoms with Crippen molar-refractivity contribution >= 4 is 23.1 Å². The van der Waals surface area contributed by atoms with Gasteiger partial charge in [0.05, 0.1) is 23.6 Å². The van der Waals surface area contributed by atoms with Crippen molar-refractivity contribution in [1.29, 1.82) is 5.26 Å². The summed E-state index contributed by atoms with van der Waals surface area (Å²) in [6, 6.07) is 12.0. The van der Waals surface area contributed by atoms with Gasteiger partial charge in [-0.3, -0.25) is 4.79 Å². The fourth-order valence-electron chi connectivity index (χ4n) is 4.95. The summed E-state index contributed by atoms with van der Waals surface area (Å²) < 4.78 is 5.76. The number of ether oxygens (including phenoxy) is 1. The van der Waals surface area contributed by atoms with Gasteiger partial charge in [-0.1, -0.05) is 33.8 Å². The summed E-state index contributed by atoms with van der Waals surface area (Å²) in [5, 5.41) is 9.30. The summed E-state index contributed by atoms with van der Waals surface area (Å²) in [5.41, 5.74) is 6.17. The van der Waals surface area contributed by atoms with Crippen LogP contribution in [0, 0.1) is 11.3 Å². The molecule has 32 heavy (non-hydrogen) atoms. The minimum atomic E-state index is -0.290. The Balaban J connectivity index is 1.73. The lowest BCUT2D eigenvalue weighted by Gasteiger charge is -2.35. The minimum absolute atomic E-state index is 0.0889. The number of thioether (sulfide) groups is 1. The van der Waals surface area contributed by atoms with Gasteiger partial charge in [0, 0.05) is 28.8 Å². The number of methoxy groups -OCH3 is 1. The lowest BCUT2D eigenvalue weighted by molar-refractivity contribution is 0.105. The van der Waals surface area contributed by atoms with Gasteiger partial charge in [0.15, 0.2) is 5.78 Å². The van der Waals surface area contributed by atoms with Crippen LogP contribution in [0.4, 0.5) is 0 Å². The van der Waals surface area contributed by atoms with E-state index in [2.05, 4.69) is 44.7 Å². The maximum atomic E-state index is 13.7. The zero-order valence-electron chi connectivity index (χ0n) is 19.5. The van der Waals surface area contributed by atoms with Crippen molar-refractivity contribution in [3.8, 4) is 11.8 Å². The third-order valence-corrected chi connectivity index (χ3v) is 7.95. The molecule has 0 amide bonds. The predicted octanol–water partition coefficient (Wildman–Crippen LogP) is 5.48. The molecule has 4 nitrogen and oxygen atoms in total. The normalized spacial score (nSPS) is 16.0. The molecule has 0 unspecified atom stereocenters. The zero-order valence-corrected chi connectivity index (χ0v) is 20.4. The molecule has 5 heteroatoms. The van der Waals surface area contributed by atoms with Crippen molar-refractivity contribution in [2.45, 2.75) is 44.4 Å². The van der Waals surface area contributed by atoms with Crippen LogP contribution in [0.2, 0.25) is 0 Å². The lowest BCUT2D eigenvalue weighted by Crippen LogP contribution is -2.30. The van der Waals surface area contributed by atoms with E-state index in [-0.39, 0.29) is 11.2 Å². The third-order valence-electron chi connectivity index (χ3n) is 6.94. The molecule has 0 aliphatic heterocycles. The second kappa shape index (κ2) is 8.77. The largest absolute Gasteiger partial charge is 0.496 e. The molecule has 0 spiro atoms. The van der Waals surface area contributed by atoms with Crippen LogP contribution < -0.4 is 4.74 Å². The van der Waals surface area contributed by atoms with E-state index in [1.54, 1.807) is 18.9 Å². The summed E-state index contributed by atoms with van der Waals surface area (Å²) in [6.45, 7) is 11.8. The van der Waals surface area contributed by atoms with Crippen LogP contribution in [0.1, 0.15) is 60.3 Å². The van der Waals surface area contributed by atoms with Crippen LogP contribution in [0.15, 0.2) is 40.8 Å². The molecule has 0 aromatic heterocycles. The number of ketones is 1. The molecular formula is C27H30N2O2S. The van der Waals surface area contributed by atoms with Gasteiger partial charge in [0.25, 0.3) is 0 Å². The smallest absolute Gasteiger partial charge is 0.193 e. The molecule has 4 rings (SSSR count). The molecule has 2 aromatic rings. The van der Waals surface area contributed by atoms with Crippen molar-refractivity contribution in [3.05, 3.63) is 63.7 Å². The fraction of sp³-hybridized carbons (Fsp3) is 0.407. The second-order valence-corrected chi connectivity index (χ2v) is 10.0. The number of Topliss-reactive ketones (excluding diaryl/α,β-unsaturated/α-hetero) is 1. The first-order chi connectivity index (χ1) is 15.3. The minimum Gasteiger partial charge on any atom is -0.496 e. The molecule has 2 aliphatic carbocycles. The van der Waals surface area contributed by atoms with E-state index in [0.29, 0.717) is 12.0 Å². The van der Waals surface area contributed by atoms with Crippen molar-refractivity contribution in [3.63, 3.8) is 0 Å². The predicted molar refractivity (Wildman–Crippen MR) is 131 cm³/mol. The zero-order chi connectivity index (χ0) is 23.0. The number of hydrogen-bond donors (Lipinski definition) is 0. The van der Waals surface area contributed by atoms with Crippen LogP contribution in [-0.2, 0) is 11.8 Å². The third kappa shape index (κ3) is 3.66. The fourth-order valence-corrected chi connectivity index (χ4v) is 6.00. The maximum absolute atomic E-state index is 13.7. The number of fused-ring (bicyclic) bond motifs is 3. The number of benzene rings is 2. The molecular weight excluding hydrogens is 416 g/mol. The number of allylic oxidation sites excluding steroid dienone is 2. The van der Waals surface area contributed by atoms with Crippen LogP contribution >= 0.6 is 11.8 Å². The standard InChI is InChI=1S/C27H30N2O2S/c1-6-29(7-2)10-11-32-24-14-20-21(15-23(24)31-5)27(3,4)22-13-18-12-17(16-28)8-9-19(18)25(22)26(20)30/h8-9,12,14-15H,6-7,10-11,13H2,1-5H3. The van der Waals surface area contributed by atoms with Crippen LogP contribution in [0.25, 0.3) is 5.57 Å². The molecule has 0 atom stereocenters. The van der Waals surface area contributed by atoms with Gasteiger partial charge in [-0.05, 0) is 66.0 Å². The molecule has 0 saturated heterocycles. The van der Waals surface area contributed by atoms with Crippen molar-refractivity contribution in [1.82, 2.24) is 4.90 Å². The summed E-state index contributed by atoms with van der Waals surface area (Å²) in [7, 11) is 1.70. The van der Waals surface area contributed by atoms with Crippen LogP contribution in [-0.4, -0.2) is 43.2 Å². The monoisotopic (exact) mass is 446 g/mol. The van der Waals surface area contributed by atoms with Gasteiger partial charge >= 0.3 is 0 Å². The average Bonchev–Trinajstić information content (AvgIpc) is 3.20. The van der Waals surface area contributed by atoms with E-state index >= 15 is 0 Å². The van der Waals surface area contributed by atoms with E-state index in [1.807, 2.05) is 24.3 Å². The Hall–Kier alpha value is -2.55. The first-order valence-electron chi connectivity index (χ1n) is 11.2. The summed E-state index contributed by atoms with van der Waals surface area (Å²) in [4.78, 5) is 17.2. The van der Waals surface area contributed by atoms with E-state index in [0.717, 1.165) is 69.4 Å². The quantitative estimate of drug-likeness (QED) is 0.527. The highest BCUT2D eigenvalue weighted by Gasteiger charge is 2.43. The number of carbonyl (C=O) groups excluding carboxylic acids is 1. The first kappa shape index (κ1) is 22.6. The number of rotatable bonds is 7. The number of nitrogens with zero attached hydrogens (tertiary/aromatic N) is 2. The van der Waals surface area contributed by atoms with E-state index < -0.39 is 0 Å². The highest BCUT2D eigenvalue weighted by Crippen LogP contribution is 2.51. The Kier molecular flexibility index (Phi) is 6.20. The van der Waals surface area contributed by atoms with Gasteiger partial charge in [-0.2, -0.15) is 5.26 Å². The number of carbonyl (C=O) groups is 1. The van der Waals surface area contributed by atoms with Gasteiger partial charge in [0.2, 0.25) is 0 Å². The van der Waals surface area contributed by atoms with E-state index in [9.17, 15) is 10.1 Å². The van der Waals surface area contributed by atoms with Crippen LogP contribution in [0.5, 0.6) is 5.75 Å². The Morgan fingerprint density at radius 3 is 2.56 bits per heavy atom. The Morgan fingerprint density at radius 2 is 1.91 bits per heavy atom. The molecule has 0 bridgehead atoms. The van der Waals surface area contributed by atoms with E-state index in [1.165, 1.54) is 0 Å². The molecule has 0 fully saturated rings. The number of hydrogen-bond acceptors (Lipinski definition) is 5. The molecule has 0 N–H and O–H groups in total. The van der Waals surface area contributed by atoms with E-state index in [4.69, 9.17) is 4.74 Å². The SMILES string of the molecule is CCN(CC)CCSc1cc2c(cc1OC)C(C)(C)C1=C(C2=O)c2ccc(C#N)cc2C1.